The molecule has 1 aromatic carbocycles. The van der Waals surface area contributed by atoms with Crippen molar-refractivity contribution in [2.24, 2.45) is 0 Å². The maximum atomic E-state index is 12.5. The van der Waals surface area contributed by atoms with Crippen LogP contribution in [0.5, 0.6) is 5.75 Å². The van der Waals surface area contributed by atoms with E-state index >= 15 is 0 Å². The van der Waals surface area contributed by atoms with Crippen LogP contribution in [0.4, 0.5) is 42.8 Å². The minimum atomic E-state index is -5.76. The molecule has 0 radical (unpaired) electrons. The van der Waals surface area contributed by atoms with Gasteiger partial charge in [0, 0.05) is 5.69 Å². The van der Waals surface area contributed by atoms with Crippen LogP contribution in [0.1, 0.15) is 0 Å². The largest absolute Gasteiger partial charge is 0.494 e. The molecule has 2 aromatic rings. The van der Waals surface area contributed by atoms with Gasteiger partial charge in [0.15, 0.2) is 5.75 Å². The summed E-state index contributed by atoms with van der Waals surface area (Å²) in [5.74, 6) is -0.0114. The van der Waals surface area contributed by atoms with Crippen molar-refractivity contribution in [3.8, 4) is 5.75 Å². The number of urea groups is 1. The van der Waals surface area contributed by atoms with Crippen LogP contribution in [0, 0.1) is 0 Å². The van der Waals surface area contributed by atoms with Crippen molar-refractivity contribution in [3.05, 3.63) is 36.7 Å². The highest BCUT2D eigenvalue weighted by Gasteiger charge is 2.57. The van der Waals surface area contributed by atoms with Crippen LogP contribution in [0.15, 0.2) is 41.6 Å². The SMILES string of the molecule is COc1cnc(NS(=O)(=O)c2ccc(NC(=O)NC(C(F)(F)F)C(F)(F)F)cc2)nc1. The summed E-state index contributed by atoms with van der Waals surface area (Å²) in [6, 6.07) is -2.05. The number of hydrogen-bond acceptors (Lipinski definition) is 6. The third-order valence-electron chi connectivity index (χ3n) is 3.44. The first-order valence-electron chi connectivity index (χ1n) is 7.92. The Hall–Kier alpha value is -3.30. The molecule has 1 heterocycles. The summed E-state index contributed by atoms with van der Waals surface area (Å²) in [6.45, 7) is 0. The average Bonchev–Trinajstić information content (AvgIpc) is 2.65. The Kier molecular flexibility index (Phi) is 6.83. The molecule has 0 aliphatic heterocycles. The molecule has 0 atom stereocenters. The fourth-order valence-electron chi connectivity index (χ4n) is 2.02. The molecule has 31 heavy (non-hydrogen) atoms. The van der Waals surface area contributed by atoms with Gasteiger partial charge < -0.3 is 15.4 Å². The molecule has 2 rings (SSSR count). The molecular formula is C15H13F6N5O4S. The minimum Gasteiger partial charge on any atom is -0.494 e. The molecule has 9 nitrogen and oxygen atoms in total. The number of rotatable bonds is 6. The average molecular weight is 473 g/mol. The van der Waals surface area contributed by atoms with E-state index in [1.807, 2.05) is 0 Å². The van der Waals surface area contributed by atoms with Crippen LogP contribution < -0.4 is 20.1 Å². The number of anilines is 2. The molecule has 0 spiro atoms. The zero-order valence-electron chi connectivity index (χ0n) is 15.2. The molecule has 0 aliphatic carbocycles. The molecule has 0 saturated heterocycles. The van der Waals surface area contributed by atoms with Crippen LogP contribution in [-0.4, -0.2) is 49.9 Å². The van der Waals surface area contributed by atoms with E-state index in [2.05, 4.69) is 14.7 Å². The highest BCUT2D eigenvalue weighted by molar-refractivity contribution is 7.92. The van der Waals surface area contributed by atoms with E-state index in [1.54, 1.807) is 5.32 Å². The first-order chi connectivity index (χ1) is 14.2. The van der Waals surface area contributed by atoms with Crippen molar-refractivity contribution >= 4 is 27.7 Å². The molecule has 0 aliphatic rings. The molecule has 3 N–H and O–H groups in total. The Morgan fingerprint density at radius 2 is 1.52 bits per heavy atom. The third kappa shape index (κ3) is 6.59. The summed E-state index contributed by atoms with van der Waals surface area (Å²) >= 11 is 0. The van der Waals surface area contributed by atoms with Gasteiger partial charge in [-0.05, 0) is 24.3 Å². The summed E-state index contributed by atoms with van der Waals surface area (Å²) in [4.78, 5) is 18.6. The van der Waals surface area contributed by atoms with E-state index in [4.69, 9.17) is 4.74 Å². The molecule has 16 heteroatoms. The summed E-state index contributed by atoms with van der Waals surface area (Å²) in [5, 5.41) is 2.53. The maximum absolute atomic E-state index is 12.5. The van der Waals surface area contributed by atoms with Crippen molar-refractivity contribution in [2.75, 3.05) is 17.1 Å². The first-order valence-corrected chi connectivity index (χ1v) is 9.40. The number of hydrogen-bond donors (Lipinski definition) is 3. The quantitative estimate of drug-likeness (QED) is 0.555. The number of sulfonamides is 1. The predicted molar refractivity (Wildman–Crippen MR) is 93.9 cm³/mol. The van der Waals surface area contributed by atoms with Crippen molar-refractivity contribution in [2.45, 2.75) is 23.3 Å². The Morgan fingerprint density at radius 1 is 1.00 bits per heavy atom. The van der Waals surface area contributed by atoms with Crippen molar-refractivity contribution < 1.29 is 44.3 Å². The van der Waals surface area contributed by atoms with Gasteiger partial charge in [0.05, 0.1) is 24.4 Å². The van der Waals surface area contributed by atoms with Crippen molar-refractivity contribution in [1.29, 1.82) is 0 Å². The van der Waals surface area contributed by atoms with Crippen molar-refractivity contribution in [3.63, 3.8) is 0 Å². The first kappa shape index (κ1) is 24.0. The Morgan fingerprint density at radius 3 is 1.97 bits per heavy atom. The highest BCUT2D eigenvalue weighted by Crippen LogP contribution is 2.33. The van der Waals surface area contributed by atoms with E-state index < -0.39 is 34.4 Å². The molecule has 0 unspecified atom stereocenters. The summed E-state index contributed by atoms with van der Waals surface area (Å²) in [5.41, 5.74) is -0.264. The topological polar surface area (TPSA) is 122 Å². The molecule has 170 valence electrons. The number of benzene rings is 1. The molecule has 0 fully saturated rings. The summed E-state index contributed by atoms with van der Waals surface area (Å²) in [6.07, 6.45) is -9.12. The Balaban J connectivity index is 2.07. The maximum Gasteiger partial charge on any atom is 0.417 e. The van der Waals surface area contributed by atoms with Gasteiger partial charge in [0.2, 0.25) is 12.0 Å². The van der Waals surface area contributed by atoms with E-state index in [9.17, 15) is 39.6 Å². The molecule has 0 saturated carbocycles. The second-order valence-corrected chi connectivity index (χ2v) is 7.37. The summed E-state index contributed by atoms with van der Waals surface area (Å²) < 4.78 is 106. The van der Waals surface area contributed by atoms with E-state index in [1.165, 1.54) is 19.5 Å². The number of carbonyl (C=O) groups excluding carboxylic acids is 1. The number of halogens is 6. The number of amides is 2. The van der Waals surface area contributed by atoms with Gasteiger partial charge in [0.25, 0.3) is 10.0 Å². The van der Waals surface area contributed by atoms with Crippen LogP contribution >= 0.6 is 0 Å². The van der Waals surface area contributed by atoms with Gasteiger partial charge in [-0.1, -0.05) is 0 Å². The number of nitrogens with zero attached hydrogens (tertiary/aromatic N) is 2. The number of methoxy groups -OCH3 is 1. The molecule has 2 amide bonds. The second-order valence-electron chi connectivity index (χ2n) is 5.69. The fourth-order valence-corrected chi connectivity index (χ4v) is 2.98. The molecule has 0 bridgehead atoms. The smallest absolute Gasteiger partial charge is 0.417 e. The highest BCUT2D eigenvalue weighted by atomic mass is 32.2. The minimum absolute atomic E-state index is 0.264. The number of alkyl halides is 6. The van der Waals surface area contributed by atoms with Gasteiger partial charge in [-0.3, -0.25) is 0 Å². The van der Waals surface area contributed by atoms with Gasteiger partial charge in [-0.25, -0.2) is 27.9 Å². The lowest BCUT2D eigenvalue weighted by atomic mass is 10.3. The standard InChI is InChI=1S/C15H13F6N5O4S/c1-30-9-6-22-12(23-7-9)26-31(28,29)10-4-2-8(3-5-10)24-13(27)25-11(14(16,17)18)15(19,20)21/h2-7,11H,1H3,(H,22,23,26)(H2,24,25,27). The van der Waals surface area contributed by atoms with Crippen molar-refractivity contribution in [1.82, 2.24) is 15.3 Å². The third-order valence-corrected chi connectivity index (χ3v) is 4.79. The lowest BCUT2D eigenvalue weighted by Gasteiger charge is -2.23. The Labute approximate surface area is 170 Å². The summed E-state index contributed by atoms with van der Waals surface area (Å²) in [7, 11) is -2.83. The fraction of sp³-hybridized carbons (Fsp3) is 0.267. The van der Waals surface area contributed by atoms with E-state index in [-0.39, 0.29) is 22.3 Å². The predicted octanol–water partition coefficient (Wildman–Crippen LogP) is 2.90. The van der Waals surface area contributed by atoms with Crippen LogP contribution in [0.2, 0.25) is 0 Å². The van der Waals surface area contributed by atoms with Gasteiger partial charge in [0.1, 0.15) is 0 Å². The van der Waals surface area contributed by atoms with Crippen LogP contribution in [0.3, 0.4) is 0 Å². The molecule has 1 aromatic heterocycles. The monoisotopic (exact) mass is 473 g/mol. The second kappa shape index (κ2) is 8.83. The van der Waals surface area contributed by atoms with E-state index in [0.29, 0.717) is 0 Å². The van der Waals surface area contributed by atoms with Gasteiger partial charge >= 0.3 is 18.4 Å². The van der Waals surface area contributed by atoms with Crippen LogP contribution in [-0.2, 0) is 10.0 Å². The van der Waals surface area contributed by atoms with Gasteiger partial charge in [-0.15, -0.1) is 0 Å². The number of ether oxygens (including phenoxy) is 1. The number of carbonyl (C=O) groups is 1. The Bertz CT molecular complexity index is 996. The zero-order chi connectivity index (χ0) is 23.4. The molecular weight excluding hydrogens is 460 g/mol. The normalized spacial score (nSPS) is 12.4. The van der Waals surface area contributed by atoms with Crippen LogP contribution in [0.25, 0.3) is 0 Å². The zero-order valence-corrected chi connectivity index (χ0v) is 16.1. The lowest BCUT2D eigenvalue weighted by molar-refractivity contribution is -0.255. The lowest BCUT2D eigenvalue weighted by Crippen LogP contribution is -2.55. The number of aromatic nitrogens is 2. The van der Waals surface area contributed by atoms with Gasteiger partial charge in [-0.2, -0.15) is 26.3 Å². The van der Waals surface area contributed by atoms with E-state index in [0.717, 1.165) is 29.6 Å². The number of nitrogens with one attached hydrogen (secondary N) is 3.